The van der Waals surface area contributed by atoms with Crippen LogP contribution in [0.15, 0.2) is 54.6 Å². The summed E-state index contributed by atoms with van der Waals surface area (Å²) in [5.74, 6) is -0.179. The molecule has 0 bridgehead atoms. The zero-order valence-electron chi connectivity index (χ0n) is 15.4. The smallest absolute Gasteiger partial charge is 0.360 e. The molecule has 0 atom stereocenters. The Hall–Kier alpha value is -3.35. The van der Waals surface area contributed by atoms with Crippen molar-refractivity contribution in [2.24, 2.45) is 0 Å². The van der Waals surface area contributed by atoms with E-state index < -0.39 is 5.97 Å². The molecular weight excluding hydrogens is 344 g/mol. The number of carboxylic acid groups (broad SMARTS) is 1. The van der Waals surface area contributed by atoms with Gasteiger partial charge in [-0.2, -0.15) is 0 Å². The van der Waals surface area contributed by atoms with E-state index in [-0.39, 0.29) is 5.69 Å². The molecule has 0 aliphatic carbocycles. The molecule has 0 saturated carbocycles. The summed E-state index contributed by atoms with van der Waals surface area (Å²) >= 11 is 0. The van der Waals surface area contributed by atoms with E-state index in [1.165, 1.54) is 4.80 Å². The van der Waals surface area contributed by atoms with Crippen molar-refractivity contribution in [2.75, 3.05) is 18.1 Å². The Morgan fingerprint density at radius 2 is 1.78 bits per heavy atom. The molecule has 0 radical (unpaired) electrons. The van der Waals surface area contributed by atoms with E-state index in [0.29, 0.717) is 37.0 Å². The molecule has 0 fully saturated rings. The Morgan fingerprint density at radius 3 is 2.44 bits per heavy atom. The third kappa shape index (κ3) is 4.08. The van der Waals surface area contributed by atoms with E-state index in [2.05, 4.69) is 10.2 Å². The Bertz CT molecular complexity index is 909. The number of carboxylic acids is 1. The first-order chi connectivity index (χ1) is 13.1. The third-order valence-electron chi connectivity index (χ3n) is 4.08. The minimum Gasteiger partial charge on any atom is -0.492 e. The first-order valence-corrected chi connectivity index (χ1v) is 8.85. The fourth-order valence-corrected chi connectivity index (χ4v) is 2.80. The first kappa shape index (κ1) is 18.4. The van der Waals surface area contributed by atoms with Crippen LogP contribution in [0.25, 0.3) is 5.69 Å². The molecule has 3 aromatic rings. The molecule has 0 aliphatic rings. The van der Waals surface area contributed by atoms with Gasteiger partial charge in [0.15, 0.2) is 5.82 Å². The molecule has 2 aromatic carbocycles. The van der Waals surface area contributed by atoms with E-state index in [1.807, 2.05) is 67.3 Å². The summed E-state index contributed by atoms with van der Waals surface area (Å²) in [6.07, 6.45) is 0. The number of aromatic nitrogens is 3. The lowest BCUT2D eigenvalue weighted by atomic mass is 10.2. The molecule has 0 amide bonds. The Kier molecular flexibility index (Phi) is 5.71. The van der Waals surface area contributed by atoms with Gasteiger partial charge in [-0.3, -0.25) is 0 Å². The number of para-hydroxylation sites is 2. The van der Waals surface area contributed by atoms with Crippen molar-refractivity contribution >= 4 is 11.8 Å². The van der Waals surface area contributed by atoms with Gasteiger partial charge in [0.25, 0.3) is 0 Å². The van der Waals surface area contributed by atoms with Crippen LogP contribution in [0.3, 0.4) is 0 Å². The second-order valence-electron chi connectivity index (χ2n) is 5.87. The fourth-order valence-electron chi connectivity index (χ4n) is 2.80. The van der Waals surface area contributed by atoms with Gasteiger partial charge in [0.2, 0.25) is 5.69 Å². The van der Waals surface area contributed by atoms with E-state index in [4.69, 9.17) is 4.74 Å². The number of hydrogen-bond acceptors (Lipinski definition) is 5. The quantitative estimate of drug-likeness (QED) is 0.658. The number of nitrogens with zero attached hydrogens (tertiary/aromatic N) is 4. The van der Waals surface area contributed by atoms with Crippen LogP contribution in [0, 0.1) is 0 Å². The molecule has 1 aromatic heterocycles. The van der Waals surface area contributed by atoms with Crippen LogP contribution in [-0.4, -0.2) is 39.2 Å². The van der Waals surface area contributed by atoms with Gasteiger partial charge in [0.05, 0.1) is 6.61 Å². The number of anilines is 1. The van der Waals surface area contributed by atoms with E-state index in [0.717, 1.165) is 5.56 Å². The highest BCUT2D eigenvalue weighted by Crippen LogP contribution is 2.25. The first-order valence-electron chi connectivity index (χ1n) is 8.85. The van der Waals surface area contributed by atoms with Gasteiger partial charge in [0, 0.05) is 13.1 Å². The van der Waals surface area contributed by atoms with E-state index in [9.17, 15) is 9.90 Å². The lowest BCUT2D eigenvalue weighted by Crippen LogP contribution is -2.24. The molecule has 7 nitrogen and oxygen atoms in total. The third-order valence-corrected chi connectivity index (χ3v) is 4.08. The van der Waals surface area contributed by atoms with Crippen molar-refractivity contribution in [1.29, 1.82) is 0 Å². The SMILES string of the molecule is CCOc1ccccc1-n1nc(C(=O)O)c(N(CC)Cc2ccccc2)n1. The van der Waals surface area contributed by atoms with Gasteiger partial charge in [-0.15, -0.1) is 15.0 Å². The molecule has 0 unspecified atom stereocenters. The molecule has 0 spiro atoms. The molecule has 140 valence electrons. The van der Waals surface area contributed by atoms with Gasteiger partial charge >= 0.3 is 5.97 Å². The standard InChI is InChI=1S/C20H22N4O3/c1-3-23(14-15-10-6-5-7-11-15)19-18(20(25)26)21-24(22-19)16-12-8-9-13-17(16)27-4-2/h5-13H,3-4,14H2,1-2H3,(H,25,26). The molecule has 0 aliphatic heterocycles. The Labute approximate surface area is 157 Å². The summed E-state index contributed by atoms with van der Waals surface area (Å²) in [5, 5.41) is 18.3. The molecule has 1 heterocycles. The molecule has 1 N–H and O–H groups in total. The van der Waals surface area contributed by atoms with E-state index in [1.54, 1.807) is 6.07 Å². The van der Waals surface area contributed by atoms with Crippen LogP contribution in [-0.2, 0) is 6.54 Å². The zero-order valence-corrected chi connectivity index (χ0v) is 15.4. The average molecular weight is 366 g/mol. The topological polar surface area (TPSA) is 80.5 Å². The van der Waals surface area contributed by atoms with Crippen LogP contribution >= 0.6 is 0 Å². The molecule has 3 rings (SSSR count). The zero-order chi connectivity index (χ0) is 19.2. The minimum atomic E-state index is -1.11. The van der Waals surface area contributed by atoms with Crippen LogP contribution in [0.5, 0.6) is 5.75 Å². The van der Waals surface area contributed by atoms with Crippen LogP contribution in [0.2, 0.25) is 0 Å². The van der Waals surface area contributed by atoms with Gasteiger partial charge in [-0.1, -0.05) is 42.5 Å². The van der Waals surface area contributed by atoms with Gasteiger partial charge in [0.1, 0.15) is 11.4 Å². The number of hydrogen-bond donors (Lipinski definition) is 1. The van der Waals surface area contributed by atoms with Crippen molar-refractivity contribution in [3.05, 3.63) is 65.9 Å². The highest BCUT2D eigenvalue weighted by atomic mass is 16.5. The maximum atomic E-state index is 11.8. The summed E-state index contributed by atoms with van der Waals surface area (Å²) in [4.78, 5) is 15.0. The number of ether oxygens (including phenoxy) is 1. The minimum absolute atomic E-state index is 0.0842. The maximum Gasteiger partial charge on any atom is 0.360 e. The van der Waals surface area contributed by atoms with Crippen molar-refractivity contribution in [1.82, 2.24) is 15.0 Å². The van der Waals surface area contributed by atoms with Crippen molar-refractivity contribution in [3.63, 3.8) is 0 Å². The van der Waals surface area contributed by atoms with Crippen molar-refractivity contribution < 1.29 is 14.6 Å². The van der Waals surface area contributed by atoms with Crippen LogP contribution in [0.4, 0.5) is 5.82 Å². The van der Waals surface area contributed by atoms with E-state index >= 15 is 0 Å². The highest BCUT2D eigenvalue weighted by Gasteiger charge is 2.24. The predicted octanol–water partition coefficient (Wildman–Crippen LogP) is 3.39. The number of rotatable bonds is 8. The predicted molar refractivity (Wildman–Crippen MR) is 103 cm³/mol. The Balaban J connectivity index is 2.02. The van der Waals surface area contributed by atoms with Crippen LogP contribution < -0.4 is 9.64 Å². The average Bonchev–Trinajstić information content (AvgIpc) is 3.13. The number of benzene rings is 2. The largest absolute Gasteiger partial charge is 0.492 e. The highest BCUT2D eigenvalue weighted by molar-refractivity contribution is 5.91. The van der Waals surface area contributed by atoms with Crippen molar-refractivity contribution in [3.8, 4) is 11.4 Å². The fraction of sp³-hybridized carbons (Fsp3) is 0.250. The maximum absolute atomic E-state index is 11.8. The summed E-state index contributed by atoms with van der Waals surface area (Å²) in [6, 6.07) is 17.2. The molecule has 7 heteroatoms. The van der Waals surface area contributed by atoms with Crippen LogP contribution in [0.1, 0.15) is 29.9 Å². The lowest BCUT2D eigenvalue weighted by molar-refractivity contribution is 0.0690. The second-order valence-corrected chi connectivity index (χ2v) is 5.87. The summed E-state index contributed by atoms with van der Waals surface area (Å²) < 4.78 is 5.62. The van der Waals surface area contributed by atoms with Gasteiger partial charge in [-0.05, 0) is 31.5 Å². The summed E-state index contributed by atoms with van der Waals surface area (Å²) in [5.41, 5.74) is 1.59. The Morgan fingerprint density at radius 1 is 1.07 bits per heavy atom. The molecular formula is C20H22N4O3. The molecule has 0 saturated heterocycles. The number of aromatic carboxylic acids is 1. The normalized spacial score (nSPS) is 10.6. The lowest BCUT2D eigenvalue weighted by Gasteiger charge is -2.20. The summed E-state index contributed by atoms with van der Waals surface area (Å²) in [6.45, 7) is 5.48. The number of carbonyl (C=O) groups is 1. The summed E-state index contributed by atoms with van der Waals surface area (Å²) in [7, 11) is 0. The van der Waals surface area contributed by atoms with Gasteiger partial charge in [-0.25, -0.2) is 4.79 Å². The molecule has 27 heavy (non-hydrogen) atoms. The van der Waals surface area contributed by atoms with Gasteiger partial charge < -0.3 is 14.7 Å². The van der Waals surface area contributed by atoms with Crippen molar-refractivity contribution in [2.45, 2.75) is 20.4 Å². The monoisotopic (exact) mass is 366 g/mol. The second kappa shape index (κ2) is 8.35.